The first-order valence-corrected chi connectivity index (χ1v) is 10.1. The zero-order valence-corrected chi connectivity index (χ0v) is 16.9. The van der Waals surface area contributed by atoms with E-state index in [9.17, 15) is 4.79 Å². The van der Waals surface area contributed by atoms with Gasteiger partial charge in [0.1, 0.15) is 0 Å². The lowest BCUT2D eigenvalue weighted by Gasteiger charge is -2.07. The van der Waals surface area contributed by atoms with Crippen LogP contribution in [0.2, 0.25) is 5.02 Å². The highest BCUT2D eigenvalue weighted by atomic mass is 35.5. The third-order valence-electron chi connectivity index (χ3n) is 4.12. The van der Waals surface area contributed by atoms with Crippen LogP contribution < -0.4 is 10.6 Å². The number of halogens is 1. The second-order valence-corrected chi connectivity index (χ2v) is 7.68. The zero-order chi connectivity index (χ0) is 19.5. The van der Waals surface area contributed by atoms with Crippen LogP contribution in [-0.4, -0.2) is 16.0 Å². The van der Waals surface area contributed by atoms with Crippen molar-refractivity contribution in [1.82, 2.24) is 10.3 Å². The SMILES string of the molecule is O=C(NC(=S)Nc1nc(-c2cccc3ccccc23)cs1)c1ccc(Cl)cc1. The third-order valence-corrected chi connectivity index (χ3v) is 5.34. The number of thiocarbonyl (C=S) groups is 1. The van der Waals surface area contributed by atoms with Gasteiger partial charge in [0.2, 0.25) is 0 Å². The van der Waals surface area contributed by atoms with Gasteiger partial charge >= 0.3 is 0 Å². The lowest BCUT2D eigenvalue weighted by atomic mass is 10.0. The number of carbonyl (C=O) groups is 1. The molecule has 3 aromatic carbocycles. The molecule has 0 spiro atoms. The Balaban J connectivity index is 1.48. The first kappa shape index (κ1) is 18.6. The van der Waals surface area contributed by atoms with Crippen LogP contribution in [0.1, 0.15) is 10.4 Å². The summed E-state index contributed by atoms with van der Waals surface area (Å²) in [6.07, 6.45) is 0. The number of nitrogens with zero attached hydrogens (tertiary/aromatic N) is 1. The molecule has 28 heavy (non-hydrogen) atoms. The molecule has 1 aromatic heterocycles. The smallest absolute Gasteiger partial charge is 0.257 e. The number of rotatable bonds is 3. The second-order valence-electron chi connectivity index (χ2n) is 5.98. The molecule has 7 heteroatoms. The van der Waals surface area contributed by atoms with Crippen LogP contribution in [0.15, 0.2) is 72.1 Å². The van der Waals surface area contributed by atoms with Gasteiger partial charge in [0.15, 0.2) is 10.2 Å². The van der Waals surface area contributed by atoms with E-state index in [1.54, 1.807) is 24.3 Å². The first-order valence-electron chi connectivity index (χ1n) is 8.42. The molecular formula is C21H14ClN3OS2. The summed E-state index contributed by atoms with van der Waals surface area (Å²) < 4.78 is 0. The molecule has 1 heterocycles. The molecule has 0 radical (unpaired) electrons. The molecule has 0 fully saturated rings. The molecule has 0 bridgehead atoms. The van der Waals surface area contributed by atoms with E-state index in [1.807, 2.05) is 29.6 Å². The number of anilines is 1. The Hall–Kier alpha value is -2.80. The normalized spacial score (nSPS) is 10.6. The molecule has 138 valence electrons. The minimum absolute atomic E-state index is 0.193. The topological polar surface area (TPSA) is 54.0 Å². The molecule has 0 aliphatic heterocycles. The average molecular weight is 424 g/mol. The lowest BCUT2D eigenvalue weighted by Crippen LogP contribution is -2.34. The van der Waals surface area contributed by atoms with Crippen molar-refractivity contribution in [3.05, 3.63) is 82.7 Å². The lowest BCUT2D eigenvalue weighted by molar-refractivity contribution is 0.0978. The van der Waals surface area contributed by atoms with Gasteiger partial charge in [-0.15, -0.1) is 11.3 Å². The Morgan fingerprint density at radius 1 is 1.00 bits per heavy atom. The van der Waals surface area contributed by atoms with Gasteiger partial charge in [0.25, 0.3) is 5.91 Å². The number of aromatic nitrogens is 1. The Morgan fingerprint density at radius 3 is 2.57 bits per heavy atom. The minimum Gasteiger partial charge on any atom is -0.308 e. The van der Waals surface area contributed by atoms with E-state index in [4.69, 9.17) is 23.8 Å². The van der Waals surface area contributed by atoms with Crippen LogP contribution in [0.3, 0.4) is 0 Å². The molecule has 2 N–H and O–H groups in total. The van der Waals surface area contributed by atoms with Crippen molar-refractivity contribution in [2.75, 3.05) is 5.32 Å². The molecule has 0 aliphatic rings. The van der Waals surface area contributed by atoms with Crippen molar-refractivity contribution in [1.29, 1.82) is 0 Å². The highest BCUT2D eigenvalue weighted by molar-refractivity contribution is 7.80. The standard InChI is InChI=1S/C21H14ClN3OS2/c22-15-10-8-14(9-11-15)19(26)24-20(27)25-21-23-18(12-28-21)17-7-3-5-13-4-1-2-6-16(13)17/h1-12H,(H2,23,24,25,26,27). The van der Waals surface area contributed by atoms with Crippen molar-refractivity contribution in [3.8, 4) is 11.3 Å². The molecule has 0 atom stereocenters. The molecule has 4 aromatic rings. The molecule has 4 rings (SSSR count). The maximum Gasteiger partial charge on any atom is 0.257 e. The van der Waals surface area contributed by atoms with Gasteiger partial charge in [0.05, 0.1) is 5.69 Å². The molecule has 4 nitrogen and oxygen atoms in total. The van der Waals surface area contributed by atoms with E-state index in [0.717, 1.165) is 22.0 Å². The maximum absolute atomic E-state index is 12.2. The Kier molecular flexibility index (Phi) is 5.34. The van der Waals surface area contributed by atoms with Gasteiger partial charge in [-0.3, -0.25) is 10.1 Å². The summed E-state index contributed by atoms with van der Waals surface area (Å²) in [5, 5.41) is 11.3. The molecule has 0 saturated heterocycles. The molecule has 0 unspecified atom stereocenters. The van der Waals surface area contributed by atoms with E-state index in [-0.39, 0.29) is 11.0 Å². The van der Waals surface area contributed by atoms with E-state index in [2.05, 4.69) is 33.8 Å². The molecule has 1 amide bonds. The van der Waals surface area contributed by atoms with Gasteiger partial charge in [-0.05, 0) is 47.3 Å². The number of hydrogen-bond acceptors (Lipinski definition) is 4. The molecule has 0 saturated carbocycles. The molecule has 0 aliphatic carbocycles. The second kappa shape index (κ2) is 8.06. The fourth-order valence-electron chi connectivity index (χ4n) is 2.81. The van der Waals surface area contributed by atoms with Gasteiger partial charge in [-0.2, -0.15) is 0 Å². The monoisotopic (exact) mass is 423 g/mol. The fraction of sp³-hybridized carbons (Fsp3) is 0. The zero-order valence-electron chi connectivity index (χ0n) is 14.5. The maximum atomic E-state index is 12.2. The van der Waals surface area contributed by atoms with Gasteiger partial charge in [-0.1, -0.05) is 54.1 Å². The number of nitrogens with one attached hydrogen (secondary N) is 2. The number of hydrogen-bond donors (Lipinski definition) is 2. The van der Waals surface area contributed by atoms with Crippen molar-refractivity contribution < 1.29 is 4.79 Å². The van der Waals surface area contributed by atoms with Gasteiger partial charge < -0.3 is 5.32 Å². The summed E-state index contributed by atoms with van der Waals surface area (Å²) >= 11 is 12.5. The van der Waals surface area contributed by atoms with Crippen molar-refractivity contribution in [3.63, 3.8) is 0 Å². The van der Waals surface area contributed by atoms with E-state index < -0.39 is 0 Å². The quantitative estimate of drug-likeness (QED) is 0.412. The summed E-state index contributed by atoms with van der Waals surface area (Å²) in [5.41, 5.74) is 2.39. The number of thiazole rings is 1. The van der Waals surface area contributed by atoms with Crippen LogP contribution in [-0.2, 0) is 0 Å². The summed E-state index contributed by atoms with van der Waals surface area (Å²) in [4.78, 5) is 16.8. The summed E-state index contributed by atoms with van der Waals surface area (Å²) in [6, 6.07) is 20.9. The van der Waals surface area contributed by atoms with Gasteiger partial charge in [-0.25, -0.2) is 4.98 Å². The van der Waals surface area contributed by atoms with Crippen molar-refractivity contribution >= 4 is 62.1 Å². The first-order chi connectivity index (χ1) is 13.6. The fourth-order valence-corrected chi connectivity index (χ4v) is 3.90. The Labute approximate surface area is 176 Å². The average Bonchev–Trinajstić information content (AvgIpc) is 3.16. The van der Waals surface area contributed by atoms with Crippen molar-refractivity contribution in [2.45, 2.75) is 0 Å². The number of benzene rings is 3. The van der Waals surface area contributed by atoms with Crippen LogP contribution in [0.5, 0.6) is 0 Å². The summed E-state index contributed by atoms with van der Waals surface area (Å²) in [6.45, 7) is 0. The van der Waals surface area contributed by atoms with Gasteiger partial charge in [0, 0.05) is 21.5 Å². The van der Waals surface area contributed by atoms with Crippen LogP contribution in [0, 0.1) is 0 Å². The van der Waals surface area contributed by atoms with E-state index in [1.165, 1.54) is 11.3 Å². The van der Waals surface area contributed by atoms with Crippen LogP contribution in [0.4, 0.5) is 5.13 Å². The Morgan fingerprint density at radius 2 is 1.75 bits per heavy atom. The minimum atomic E-state index is -0.306. The van der Waals surface area contributed by atoms with Crippen LogP contribution >= 0.6 is 35.2 Å². The summed E-state index contributed by atoms with van der Waals surface area (Å²) in [7, 11) is 0. The number of fused-ring (bicyclic) bond motifs is 1. The predicted molar refractivity (Wildman–Crippen MR) is 120 cm³/mol. The highest BCUT2D eigenvalue weighted by Gasteiger charge is 2.11. The highest BCUT2D eigenvalue weighted by Crippen LogP contribution is 2.30. The third kappa shape index (κ3) is 4.04. The molecular weight excluding hydrogens is 410 g/mol. The summed E-state index contributed by atoms with van der Waals surface area (Å²) in [5.74, 6) is -0.306. The van der Waals surface area contributed by atoms with Crippen LogP contribution in [0.25, 0.3) is 22.0 Å². The van der Waals surface area contributed by atoms with E-state index in [0.29, 0.717) is 15.7 Å². The van der Waals surface area contributed by atoms with Crippen molar-refractivity contribution in [2.24, 2.45) is 0 Å². The predicted octanol–water partition coefficient (Wildman–Crippen LogP) is 5.74. The largest absolute Gasteiger partial charge is 0.308 e. The Bertz CT molecular complexity index is 1170. The number of carbonyl (C=O) groups excluding carboxylic acids is 1. The van der Waals surface area contributed by atoms with E-state index >= 15 is 0 Å². The number of amides is 1.